The standard InChI is InChI=1S/C57H40N2O/c1-57(2)49-21-11-9-18-44(49)45-33-28-40(36-50(45)57)39-26-31-43(32-27-39)58(42-29-24-38(25-30-42)37-14-5-3-6-15-37)53-23-13-20-46-47-34-35-52-54(56(47)60-55(46)53)48-19-10-12-22-51(48)59(52)41-16-7-4-8-17-41/h3-36H,1-2H3. The van der Waals surface area contributed by atoms with Crippen LogP contribution in [-0.2, 0) is 5.41 Å². The van der Waals surface area contributed by atoms with Crippen LogP contribution < -0.4 is 4.90 Å². The van der Waals surface area contributed by atoms with Gasteiger partial charge in [-0.1, -0.05) is 153 Å². The van der Waals surface area contributed by atoms with E-state index in [2.05, 4.69) is 230 Å². The Labute approximate surface area is 349 Å². The Hall–Kier alpha value is -7.62. The summed E-state index contributed by atoms with van der Waals surface area (Å²) < 4.78 is 9.55. The van der Waals surface area contributed by atoms with Crippen LogP contribution in [0.4, 0.5) is 17.1 Å². The molecule has 0 N–H and O–H groups in total. The van der Waals surface area contributed by atoms with Crippen molar-refractivity contribution in [3.63, 3.8) is 0 Å². The third-order valence-corrected chi connectivity index (χ3v) is 12.8. The van der Waals surface area contributed by atoms with Gasteiger partial charge in [-0.2, -0.15) is 0 Å². The van der Waals surface area contributed by atoms with Crippen molar-refractivity contribution in [2.75, 3.05) is 4.90 Å². The molecule has 0 saturated heterocycles. The van der Waals surface area contributed by atoms with Gasteiger partial charge in [-0.3, -0.25) is 0 Å². The molecular formula is C57H40N2O. The molecule has 0 aliphatic heterocycles. The summed E-state index contributed by atoms with van der Waals surface area (Å²) in [6.45, 7) is 4.69. The highest BCUT2D eigenvalue weighted by Crippen LogP contribution is 2.50. The van der Waals surface area contributed by atoms with E-state index in [1.807, 2.05) is 0 Å². The van der Waals surface area contributed by atoms with Crippen molar-refractivity contribution >= 4 is 60.8 Å². The van der Waals surface area contributed by atoms with Gasteiger partial charge in [-0.15, -0.1) is 0 Å². The summed E-state index contributed by atoms with van der Waals surface area (Å²) in [7, 11) is 0. The van der Waals surface area contributed by atoms with Crippen LogP contribution >= 0.6 is 0 Å². The molecule has 1 aliphatic rings. The van der Waals surface area contributed by atoms with Crippen molar-refractivity contribution in [1.82, 2.24) is 4.57 Å². The van der Waals surface area contributed by atoms with Gasteiger partial charge in [0.05, 0.1) is 22.1 Å². The van der Waals surface area contributed by atoms with Crippen molar-refractivity contribution in [2.24, 2.45) is 0 Å². The first-order valence-electron chi connectivity index (χ1n) is 20.8. The Balaban J connectivity index is 1.02. The first-order chi connectivity index (χ1) is 29.5. The maximum Gasteiger partial charge on any atom is 0.159 e. The van der Waals surface area contributed by atoms with E-state index in [0.29, 0.717) is 0 Å². The third kappa shape index (κ3) is 5.15. The van der Waals surface area contributed by atoms with Gasteiger partial charge in [-0.05, 0) is 111 Å². The third-order valence-electron chi connectivity index (χ3n) is 12.8. The van der Waals surface area contributed by atoms with Gasteiger partial charge in [0, 0.05) is 38.6 Å². The molecule has 0 radical (unpaired) electrons. The zero-order chi connectivity index (χ0) is 40.0. The van der Waals surface area contributed by atoms with Crippen LogP contribution in [0.3, 0.4) is 0 Å². The second-order valence-electron chi connectivity index (χ2n) is 16.5. The van der Waals surface area contributed by atoms with Crippen molar-refractivity contribution in [2.45, 2.75) is 19.3 Å². The fourth-order valence-electron chi connectivity index (χ4n) is 9.87. The molecule has 9 aromatic carbocycles. The minimum Gasteiger partial charge on any atom is -0.453 e. The molecule has 11 aromatic rings. The average molecular weight is 769 g/mol. The van der Waals surface area contributed by atoms with Crippen molar-refractivity contribution in [3.8, 4) is 39.1 Å². The number of furan rings is 1. The zero-order valence-corrected chi connectivity index (χ0v) is 33.4. The molecule has 1 aliphatic carbocycles. The summed E-state index contributed by atoms with van der Waals surface area (Å²) in [5.74, 6) is 0. The molecule has 3 nitrogen and oxygen atoms in total. The van der Waals surface area contributed by atoms with Crippen LogP contribution in [0.5, 0.6) is 0 Å². The highest BCUT2D eigenvalue weighted by Gasteiger charge is 2.35. The first kappa shape index (κ1) is 34.4. The van der Waals surface area contributed by atoms with E-state index in [1.54, 1.807) is 0 Å². The maximum atomic E-state index is 7.20. The Kier molecular flexibility index (Phi) is 7.58. The molecule has 60 heavy (non-hydrogen) atoms. The SMILES string of the molecule is CC1(C)c2ccccc2-c2ccc(-c3ccc(N(c4ccc(-c5ccccc5)cc4)c4cccc5c4oc4c5ccc5c4c4ccccc4n5-c4ccccc4)cc3)cc21. The Morgan fingerprint density at radius 2 is 1.00 bits per heavy atom. The fraction of sp³-hybridized carbons (Fsp3) is 0.0526. The predicted octanol–water partition coefficient (Wildman–Crippen LogP) is 15.8. The van der Waals surface area contributed by atoms with Crippen molar-refractivity contribution in [3.05, 3.63) is 217 Å². The van der Waals surface area contributed by atoms with Crippen LogP contribution in [0.2, 0.25) is 0 Å². The Bertz CT molecular complexity index is 3430. The minimum atomic E-state index is -0.0577. The van der Waals surface area contributed by atoms with E-state index in [-0.39, 0.29) is 5.41 Å². The normalized spacial score (nSPS) is 13.0. The van der Waals surface area contributed by atoms with Crippen molar-refractivity contribution < 1.29 is 4.42 Å². The lowest BCUT2D eigenvalue weighted by Gasteiger charge is -2.26. The van der Waals surface area contributed by atoms with E-state index in [0.717, 1.165) is 61.1 Å². The number of fused-ring (bicyclic) bond motifs is 10. The molecule has 0 fully saturated rings. The zero-order valence-electron chi connectivity index (χ0n) is 33.4. The summed E-state index contributed by atoms with van der Waals surface area (Å²) in [4.78, 5) is 2.34. The molecule has 3 heteroatoms. The molecule has 0 spiro atoms. The number of rotatable bonds is 6. The van der Waals surface area contributed by atoms with Gasteiger partial charge < -0.3 is 13.9 Å². The lowest BCUT2D eigenvalue weighted by molar-refractivity contribution is 0.660. The first-order valence-corrected chi connectivity index (χ1v) is 20.8. The minimum absolute atomic E-state index is 0.0577. The van der Waals surface area contributed by atoms with E-state index in [4.69, 9.17) is 4.42 Å². The summed E-state index contributed by atoms with van der Waals surface area (Å²) >= 11 is 0. The van der Waals surface area contributed by atoms with Crippen molar-refractivity contribution in [1.29, 1.82) is 0 Å². The molecule has 0 saturated carbocycles. The van der Waals surface area contributed by atoms with E-state index < -0.39 is 0 Å². The molecule has 2 heterocycles. The molecule has 0 atom stereocenters. The Morgan fingerprint density at radius 3 is 1.77 bits per heavy atom. The van der Waals surface area contributed by atoms with Crippen LogP contribution in [0.25, 0.3) is 82.8 Å². The van der Waals surface area contributed by atoms with Crippen LogP contribution in [0, 0.1) is 0 Å². The number of hydrogen-bond acceptors (Lipinski definition) is 2. The summed E-state index contributed by atoms with van der Waals surface area (Å²) in [6.07, 6.45) is 0. The number of hydrogen-bond donors (Lipinski definition) is 0. The fourth-order valence-corrected chi connectivity index (χ4v) is 9.87. The number of anilines is 3. The predicted molar refractivity (Wildman–Crippen MR) is 251 cm³/mol. The summed E-state index contributed by atoms with van der Waals surface area (Å²) in [6, 6.07) is 74.6. The summed E-state index contributed by atoms with van der Waals surface area (Å²) in [5, 5.41) is 4.49. The molecule has 284 valence electrons. The van der Waals surface area contributed by atoms with Gasteiger partial charge >= 0.3 is 0 Å². The smallest absolute Gasteiger partial charge is 0.159 e. The number of benzene rings is 9. The quantitative estimate of drug-likeness (QED) is 0.168. The molecule has 0 amide bonds. The van der Waals surface area contributed by atoms with E-state index >= 15 is 0 Å². The van der Waals surface area contributed by atoms with Gasteiger partial charge in [0.1, 0.15) is 5.58 Å². The van der Waals surface area contributed by atoms with Crippen LogP contribution in [0.1, 0.15) is 25.0 Å². The molecule has 0 bridgehead atoms. The average Bonchev–Trinajstić information content (AvgIpc) is 3.93. The molecule has 2 aromatic heterocycles. The van der Waals surface area contributed by atoms with Gasteiger partial charge in [0.15, 0.2) is 5.58 Å². The highest BCUT2D eigenvalue weighted by molar-refractivity contribution is 6.25. The second-order valence-corrected chi connectivity index (χ2v) is 16.5. The molecular weight excluding hydrogens is 729 g/mol. The highest BCUT2D eigenvalue weighted by atomic mass is 16.3. The number of para-hydroxylation sites is 3. The van der Waals surface area contributed by atoms with Crippen LogP contribution in [0.15, 0.2) is 211 Å². The number of aromatic nitrogens is 1. The molecule has 0 unspecified atom stereocenters. The maximum absolute atomic E-state index is 7.20. The second kappa shape index (κ2) is 13.2. The van der Waals surface area contributed by atoms with Gasteiger partial charge in [0.2, 0.25) is 0 Å². The largest absolute Gasteiger partial charge is 0.453 e. The van der Waals surface area contributed by atoms with Crippen LogP contribution in [-0.4, -0.2) is 4.57 Å². The van der Waals surface area contributed by atoms with E-state index in [9.17, 15) is 0 Å². The van der Waals surface area contributed by atoms with Gasteiger partial charge in [-0.25, -0.2) is 0 Å². The lowest BCUT2D eigenvalue weighted by Crippen LogP contribution is -2.14. The Morgan fingerprint density at radius 1 is 0.417 bits per heavy atom. The number of nitrogens with zero attached hydrogens (tertiary/aromatic N) is 2. The lowest BCUT2D eigenvalue weighted by atomic mass is 9.81. The monoisotopic (exact) mass is 768 g/mol. The van der Waals surface area contributed by atoms with E-state index in [1.165, 1.54) is 49.9 Å². The topological polar surface area (TPSA) is 21.3 Å². The van der Waals surface area contributed by atoms with Gasteiger partial charge in [0.25, 0.3) is 0 Å². The molecule has 12 rings (SSSR count). The summed E-state index contributed by atoms with van der Waals surface area (Å²) in [5.41, 5.74) is 18.4.